The average Bonchev–Trinajstić information content (AvgIpc) is 3.08. The van der Waals surface area contributed by atoms with Gasteiger partial charge in [0.05, 0.1) is 10.7 Å². The second-order valence-electron chi connectivity index (χ2n) is 5.62. The highest BCUT2D eigenvalue weighted by molar-refractivity contribution is 9.10. The van der Waals surface area contributed by atoms with Crippen LogP contribution in [0.3, 0.4) is 0 Å². The van der Waals surface area contributed by atoms with E-state index in [4.69, 9.17) is 16.0 Å². The number of fused-ring (bicyclic) bond motifs is 1. The summed E-state index contributed by atoms with van der Waals surface area (Å²) in [5.74, 6) is 0.569. The van der Waals surface area contributed by atoms with Gasteiger partial charge in [-0.3, -0.25) is 4.99 Å². The standard InChI is InChI=1S/C20H12BrClN2O2/c21-14-9-13(19(25)16(22)10-14)11-23-15-7-5-12(6-8-15)20-24-17-3-1-2-4-18(17)26-20/h1-11,25H. The van der Waals surface area contributed by atoms with Gasteiger partial charge in [0.2, 0.25) is 5.89 Å². The predicted octanol–water partition coefficient (Wildman–Crippen LogP) is 6.37. The smallest absolute Gasteiger partial charge is 0.227 e. The highest BCUT2D eigenvalue weighted by atomic mass is 79.9. The quantitative estimate of drug-likeness (QED) is 0.387. The molecule has 4 nitrogen and oxygen atoms in total. The summed E-state index contributed by atoms with van der Waals surface area (Å²) >= 11 is 9.31. The van der Waals surface area contributed by atoms with E-state index in [0.29, 0.717) is 11.5 Å². The van der Waals surface area contributed by atoms with Crippen LogP contribution in [-0.2, 0) is 0 Å². The molecular formula is C20H12BrClN2O2. The van der Waals surface area contributed by atoms with E-state index >= 15 is 0 Å². The molecular weight excluding hydrogens is 416 g/mol. The van der Waals surface area contributed by atoms with Crippen molar-refractivity contribution in [3.05, 3.63) is 75.7 Å². The molecule has 3 aromatic carbocycles. The fourth-order valence-corrected chi connectivity index (χ4v) is 3.35. The van der Waals surface area contributed by atoms with Crippen LogP contribution in [0.1, 0.15) is 5.56 Å². The summed E-state index contributed by atoms with van der Waals surface area (Å²) in [6.07, 6.45) is 1.57. The van der Waals surface area contributed by atoms with Crippen LogP contribution in [0.25, 0.3) is 22.6 Å². The number of oxazole rings is 1. The second kappa shape index (κ2) is 6.94. The lowest BCUT2D eigenvalue weighted by Crippen LogP contribution is -1.84. The van der Waals surface area contributed by atoms with Crippen LogP contribution in [-0.4, -0.2) is 16.3 Å². The van der Waals surface area contributed by atoms with Crippen molar-refractivity contribution >= 4 is 50.5 Å². The molecule has 0 bridgehead atoms. The second-order valence-corrected chi connectivity index (χ2v) is 6.94. The van der Waals surface area contributed by atoms with Gasteiger partial charge in [0, 0.05) is 21.8 Å². The molecule has 0 spiro atoms. The summed E-state index contributed by atoms with van der Waals surface area (Å²) in [6, 6.07) is 18.5. The topological polar surface area (TPSA) is 58.6 Å². The number of hydrogen-bond acceptors (Lipinski definition) is 4. The van der Waals surface area contributed by atoms with Gasteiger partial charge in [0.1, 0.15) is 11.3 Å². The SMILES string of the molecule is Oc1c(Cl)cc(Br)cc1C=Nc1ccc(-c2nc3ccccc3o2)cc1. The Morgan fingerprint density at radius 2 is 1.85 bits per heavy atom. The van der Waals surface area contributed by atoms with Crippen molar-refractivity contribution < 1.29 is 9.52 Å². The monoisotopic (exact) mass is 426 g/mol. The molecule has 0 radical (unpaired) electrons. The van der Waals surface area contributed by atoms with Crippen LogP contribution in [0, 0.1) is 0 Å². The van der Waals surface area contributed by atoms with Crippen molar-refractivity contribution in [2.75, 3.05) is 0 Å². The number of nitrogens with zero attached hydrogens (tertiary/aromatic N) is 2. The third-order valence-corrected chi connectivity index (χ3v) is 4.56. The summed E-state index contributed by atoms with van der Waals surface area (Å²) in [5.41, 5.74) is 3.72. The summed E-state index contributed by atoms with van der Waals surface area (Å²) < 4.78 is 6.53. The molecule has 1 heterocycles. The van der Waals surface area contributed by atoms with E-state index < -0.39 is 0 Å². The Balaban J connectivity index is 1.60. The van der Waals surface area contributed by atoms with Crippen molar-refractivity contribution in [2.24, 2.45) is 4.99 Å². The Morgan fingerprint density at radius 1 is 1.08 bits per heavy atom. The van der Waals surface area contributed by atoms with E-state index in [1.807, 2.05) is 48.5 Å². The number of hydrogen-bond donors (Lipinski definition) is 1. The van der Waals surface area contributed by atoms with Gasteiger partial charge in [-0.15, -0.1) is 0 Å². The summed E-state index contributed by atoms with van der Waals surface area (Å²) in [6.45, 7) is 0. The van der Waals surface area contributed by atoms with Gasteiger partial charge in [-0.1, -0.05) is 39.7 Å². The average molecular weight is 428 g/mol. The van der Waals surface area contributed by atoms with Crippen LogP contribution in [0.2, 0.25) is 5.02 Å². The van der Waals surface area contributed by atoms with Crippen molar-refractivity contribution in [1.29, 1.82) is 0 Å². The number of aliphatic imine (C=N–C) groups is 1. The normalized spacial score (nSPS) is 11.5. The molecule has 0 fully saturated rings. The number of rotatable bonds is 3. The van der Waals surface area contributed by atoms with E-state index in [1.54, 1.807) is 18.3 Å². The van der Waals surface area contributed by atoms with Crippen molar-refractivity contribution in [2.45, 2.75) is 0 Å². The summed E-state index contributed by atoms with van der Waals surface area (Å²) in [5, 5.41) is 10.3. The molecule has 0 aliphatic heterocycles. The zero-order valence-electron chi connectivity index (χ0n) is 13.4. The van der Waals surface area contributed by atoms with Crippen LogP contribution in [0.4, 0.5) is 5.69 Å². The Bertz CT molecular complexity index is 1090. The van der Waals surface area contributed by atoms with E-state index in [1.165, 1.54) is 0 Å². The molecule has 26 heavy (non-hydrogen) atoms. The largest absolute Gasteiger partial charge is 0.506 e. The number of benzene rings is 3. The number of phenols is 1. The van der Waals surface area contributed by atoms with Crippen LogP contribution >= 0.6 is 27.5 Å². The molecule has 1 aromatic heterocycles. The van der Waals surface area contributed by atoms with E-state index in [-0.39, 0.29) is 10.8 Å². The van der Waals surface area contributed by atoms with Gasteiger partial charge in [-0.05, 0) is 48.5 Å². The molecule has 0 atom stereocenters. The summed E-state index contributed by atoms with van der Waals surface area (Å²) in [4.78, 5) is 8.86. The number of aromatic nitrogens is 1. The highest BCUT2D eigenvalue weighted by Crippen LogP contribution is 2.31. The lowest BCUT2D eigenvalue weighted by Gasteiger charge is -2.02. The molecule has 128 valence electrons. The number of halogens is 2. The van der Waals surface area contributed by atoms with Crippen LogP contribution in [0.5, 0.6) is 5.75 Å². The first kappa shape index (κ1) is 16.8. The summed E-state index contributed by atoms with van der Waals surface area (Å²) in [7, 11) is 0. The van der Waals surface area contributed by atoms with Gasteiger partial charge >= 0.3 is 0 Å². The molecule has 0 saturated carbocycles. The van der Waals surface area contributed by atoms with Crippen molar-refractivity contribution in [3.63, 3.8) is 0 Å². The molecule has 6 heteroatoms. The molecule has 1 N–H and O–H groups in total. The van der Waals surface area contributed by atoms with Crippen molar-refractivity contribution in [3.8, 4) is 17.2 Å². The lowest BCUT2D eigenvalue weighted by molar-refractivity contribution is 0.474. The Kier molecular flexibility index (Phi) is 4.49. The lowest BCUT2D eigenvalue weighted by atomic mass is 10.2. The maximum Gasteiger partial charge on any atom is 0.227 e. The minimum absolute atomic E-state index is 0.00159. The first-order valence-electron chi connectivity index (χ1n) is 7.78. The van der Waals surface area contributed by atoms with Crippen LogP contribution < -0.4 is 0 Å². The molecule has 0 amide bonds. The van der Waals surface area contributed by atoms with E-state index in [0.717, 1.165) is 26.8 Å². The van der Waals surface area contributed by atoms with Gasteiger partial charge in [0.25, 0.3) is 0 Å². The van der Waals surface area contributed by atoms with E-state index in [9.17, 15) is 5.11 Å². The van der Waals surface area contributed by atoms with Gasteiger partial charge in [0.15, 0.2) is 5.58 Å². The highest BCUT2D eigenvalue weighted by Gasteiger charge is 2.08. The zero-order chi connectivity index (χ0) is 18.1. The van der Waals surface area contributed by atoms with E-state index in [2.05, 4.69) is 25.9 Å². The molecule has 0 aliphatic rings. The number of para-hydroxylation sites is 2. The zero-order valence-corrected chi connectivity index (χ0v) is 15.7. The molecule has 0 unspecified atom stereocenters. The maximum atomic E-state index is 10.00. The molecule has 0 aliphatic carbocycles. The molecule has 0 saturated heterocycles. The Morgan fingerprint density at radius 3 is 2.62 bits per heavy atom. The first-order valence-corrected chi connectivity index (χ1v) is 8.95. The predicted molar refractivity (Wildman–Crippen MR) is 108 cm³/mol. The Hall–Kier alpha value is -2.63. The maximum absolute atomic E-state index is 10.00. The first-order chi connectivity index (χ1) is 12.6. The number of phenolic OH excluding ortho intramolecular Hbond substituents is 1. The van der Waals surface area contributed by atoms with Gasteiger partial charge < -0.3 is 9.52 Å². The van der Waals surface area contributed by atoms with Gasteiger partial charge in [-0.25, -0.2) is 4.98 Å². The fraction of sp³-hybridized carbons (Fsp3) is 0. The third-order valence-electron chi connectivity index (χ3n) is 3.82. The minimum Gasteiger partial charge on any atom is -0.506 e. The van der Waals surface area contributed by atoms with Gasteiger partial charge in [-0.2, -0.15) is 0 Å². The molecule has 4 aromatic rings. The van der Waals surface area contributed by atoms with Crippen molar-refractivity contribution in [1.82, 2.24) is 4.98 Å². The minimum atomic E-state index is 0.00159. The van der Waals surface area contributed by atoms with Crippen LogP contribution in [0.15, 0.2) is 74.5 Å². The fourth-order valence-electron chi connectivity index (χ4n) is 2.51. The third kappa shape index (κ3) is 3.36. The Labute approximate surface area is 162 Å². The molecule has 4 rings (SSSR count). The number of aromatic hydroxyl groups is 1.